The number of phenolic OH excluding ortho intramolecular Hbond substituents is 1. The van der Waals surface area contributed by atoms with Crippen LogP contribution in [0.5, 0.6) is 5.75 Å². The second kappa shape index (κ2) is 5.91. The second-order valence-corrected chi connectivity index (χ2v) is 5.85. The van der Waals surface area contributed by atoms with Crippen LogP contribution in [0.25, 0.3) is 11.0 Å². The third-order valence-electron chi connectivity index (χ3n) is 3.04. The maximum absolute atomic E-state index is 11.4. The first kappa shape index (κ1) is 16.2. The topological polar surface area (TPSA) is 114 Å². The zero-order chi connectivity index (χ0) is 16.5. The van der Waals surface area contributed by atoms with Crippen molar-refractivity contribution in [3.63, 3.8) is 0 Å². The Morgan fingerprint density at radius 2 is 2.00 bits per heavy atom. The van der Waals surface area contributed by atoms with E-state index in [1.165, 1.54) is 25.1 Å². The summed E-state index contributed by atoms with van der Waals surface area (Å²) in [7, 11) is -4.70. The molecule has 22 heavy (non-hydrogen) atoms. The van der Waals surface area contributed by atoms with Gasteiger partial charge in [0.05, 0.1) is 0 Å². The molecule has 0 amide bonds. The number of rotatable bonds is 5. The van der Waals surface area contributed by atoms with Gasteiger partial charge in [-0.2, -0.15) is 8.42 Å². The Balaban J connectivity index is 2.53. The second-order valence-electron chi connectivity index (χ2n) is 4.80. The van der Waals surface area contributed by atoms with Crippen LogP contribution in [0.2, 0.25) is 0 Å². The molecule has 0 aliphatic carbocycles. The Labute approximate surface area is 126 Å². The van der Waals surface area contributed by atoms with Gasteiger partial charge in [0.25, 0.3) is 0 Å². The van der Waals surface area contributed by atoms with Gasteiger partial charge in [0.15, 0.2) is 0 Å². The summed E-state index contributed by atoms with van der Waals surface area (Å²) < 4.78 is 40.2. The molecule has 0 radical (unpaired) electrons. The van der Waals surface area contributed by atoms with Crippen LogP contribution in [0.4, 0.5) is 0 Å². The molecule has 1 aromatic heterocycles. The van der Waals surface area contributed by atoms with E-state index >= 15 is 0 Å². The molecule has 7 nitrogen and oxygen atoms in total. The quantitative estimate of drug-likeness (QED) is 0.489. The van der Waals surface area contributed by atoms with Crippen LogP contribution in [-0.2, 0) is 21.0 Å². The van der Waals surface area contributed by atoms with E-state index in [0.717, 1.165) is 0 Å². The summed E-state index contributed by atoms with van der Waals surface area (Å²) in [5.41, 5.74) is 0.0127. The molecule has 1 atom stereocenters. The van der Waals surface area contributed by atoms with Crippen molar-refractivity contribution in [2.45, 2.75) is 19.4 Å². The molecule has 0 saturated heterocycles. The maximum atomic E-state index is 11.4. The molecular formula is C14H14O7S. The van der Waals surface area contributed by atoms with Gasteiger partial charge in [-0.25, -0.2) is 8.98 Å². The van der Waals surface area contributed by atoms with E-state index in [-0.39, 0.29) is 23.3 Å². The van der Waals surface area contributed by atoms with Crippen LogP contribution in [0.15, 0.2) is 45.6 Å². The lowest BCUT2D eigenvalue weighted by atomic mass is 10.0. The molecule has 0 aliphatic rings. The molecule has 1 aromatic carbocycles. The highest BCUT2D eigenvalue weighted by Crippen LogP contribution is 2.29. The van der Waals surface area contributed by atoms with Crippen molar-refractivity contribution in [2.75, 3.05) is 0 Å². The summed E-state index contributed by atoms with van der Waals surface area (Å²) in [6, 6.07) is 5.69. The van der Waals surface area contributed by atoms with Crippen LogP contribution in [0.1, 0.15) is 12.5 Å². The maximum Gasteiger partial charge on any atom is 0.397 e. The number of benzene rings is 1. The van der Waals surface area contributed by atoms with Crippen molar-refractivity contribution in [3.05, 3.63) is 52.4 Å². The SMILES string of the molecule is C=C(C)C(Cc1c(O)ccc2ccc(=O)oc12)OS(=O)(=O)O. The smallest absolute Gasteiger partial charge is 0.397 e. The summed E-state index contributed by atoms with van der Waals surface area (Å²) in [6.45, 7) is 5.10. The highest BCUT2D eigenvalue weighted by Gasteiger charge is 2.22. The first-order chi connectivity index (χ1) is 10.2. The number of fused-ring (bicyclic) bond motifs is 1. The zero-order valence-corrected chi connectivity index (χ0v) is 12.5. The fourth-order valence-corrected chi connectivity index (χ4v) is 2.53. The third kappa shape index (κ3) is 3.73. The average molecular weight is 326 g/mol. The van der Waals surface area contributed by atoms with Gasteiger partial charge in [-0.15, -0.1) is 0 Å². The minimum atomic E-state index is -4.70. The van der Waals surface area contributed by atoms with Gasteiger partial charge >= 0.3 is 16.0 Å². The molecule has 2 rings (SSSR count). The predicted molar refractivity (Wildman–Crippen MR) is 79.1 cm³/mol. The van der Waals surface area contributed by atoms with Crippen LogP contribution in [0.3, 0.4) is 0 Å². The summed E-state index contributed by atoms with van der Waals surface area (Å²) in [4.78, 5) is 11.4. The first-order valence-electron chi connectivity index (χ1n) is 6.23. The fourth-order valence-electron chi connectivity index (χ4n) is 2.00. The van der Waals surface area contributed by atoms with Crippen LogP contribution >= 0.6 is 0 Å². The molecular weight excluding hydrogens is 312 g/mol. The van der Waals surface area contributed by atoms with E-state index in [0.29, 0.717) is 11.0 Å². The minimum absolute atomic E-state index is 0.123. The van der Waals surface area contributed by atoms with Gasteiger partial charge in [0, 0.05) is 23.4 Å². The van der Waals surface area contributed by atoms with Gasteiger partial charge in [-0.05, 0) is 25.1 Å². The van der Waals surface area contributed by atoms with Crippen LogP contribution in [-0.4, -0.2) is 24.2 Å². The lowest BCUT2D eigenvalue weighted by Gasteiger charge is -2.17. The van der Waals surface area contributed by atoms with Crippen LogP contribution in [0, 0.1) is 0 Å². The summed E-state index contributed by atoms with van der Waals surface area (Å²) in [5, 5.41) is 10.5. The Morgan fingerprint density at radius 1 is 1.36 bits per heavy atom. The Hall–Kier alpha value is -2.16. The monoisotopic (exact) mass is 326 g/mol. The van der Waals surface area contributed by atoms with Crippen molar-refractivity contribution in [3.8, 4) is 5.75 Å². The first-order valence-corrected chi connectivity index (χ1v) is 7.59. The van der Waals surface area contributed by atoms with E-state index in [9.17, 15) is 18.3 Å². The minimum Gasteiger partial charge on any atom is -0.508 e. The van der Waals surface area contributed by atoms with Crippen molar-refractivity contribution in [1.82, 2.24) is 0 Å². The van der Waals surface area contributed by atoms with E-state index in [4.69, 9.17) is 8.97 Å². The van der Waals surface area contributed by atoms with E-state index in [1.54, 1.807) is 6.07 Å². The largest absolute Gasteiger partial charge is 0.508 e. The molecule has 1 heterocycles. The normalized spacial score (nSPS) is 13.2. The number of aromatic hydroxyl groups is 1. The summed E-state index contributed by atoms with van der Waals surface area (Å²) >= 11 is 0. The Morgan fingerprint density at radius 3 is 2.59 bits per heavy atom. The van der Waals surface area contributed by atoms with Gasteiger partial charge in [-0.3, -0.25) is 4.55 Å². The van der Waals surface area contributed by atoms with Gasteiger partial charge < -0.3 is 9.52 Å². The van der Waals surface area contributed by atoms with Crippen molar-refractivity contribution in [1.29, 1.82) is 0 Å². The third-order valence-corrected chi connectivity index (χ3v) is 3.52. The molecule has 1 unspecified atom stereocenters. The summed E-state index contributed by atoms with van der Waals surface area (Å²) in [6.07, 6.45) is -1.26. The summed E-state index contributed by atoms with van der Waals surface area (Å²) in [5.74, 6) is -0.188. The lowest BCUT2D eigenvalue weighted by Crippen LogP contribution is -2.21. The van der Waals surface area contributed by atoms with Gasteiger partial charge in [-0.1, -0.05) is 12.2 Å². The number of phenols is 1. The molecule has 118 valence electrons. The highest BCUT2D eigenvalue weighted by molar-refractivity contribution is 7.80. The van der Waals surface area contributed by atoms with E-state index in [2.05, 4.69) is 10.8 Å². The lowest BCUT2D eigenvalue weighted by molar-refractivity contribution is 0.209. The molecule has 0 saturated carbocycles. The van der Waals surface area contributed by atoms with E-state index < -0.39 is 22.1 Å². The van der Waals surface area contributed by atoms with Crippen molar-refractivity contribution < 1.29 is 26.7 Å². The molecule has 0 bridgehead atoms. The van der Waals surface area contributed by atoms with Crippen molar-refractivity contribution >= 4 is 21.4 Å². The molecule has 8 heteroatoms. The average Bonchev–Trinajstić information content (AvgIpc) is 2.39. The molecule has 2 aromatic rings. The molecule has 0 spiro atoms. The highest BCUT2D eigenvalue weighted by atomic mass is 32.3. The Bertz CT molecular complexity index is 880. The molecule has 2 N–H and O–H groups in total. The van der Waals surface area contributed by atoms with E-state index in [1.807, 2.05) is 0 Å². The van der Waals surface area contributed by atoms with Gasteiger partial charge in [0.1, 0.15) is 17.4 Å². The number of hydrogen-bond donors (Lipinski definition) is 2. The predicted octanol–water partition coefficient (Wildman–Crippen LogP) is 1.81. The van der Waals surface area contributed by atoms with Crippen molar-refractivity contribution in [2.24, 2.45) is 0 Å². The zero-order valence-electron chi connectivity index (χ0n) is 11.6. The number of hydrogen-bond acceptors (Lipinski definition) is 6. The molecule has 0 fully saturated rings. The molecule has 0 aliphatic heterocycles. The Kier molecular flexibility index (Phi) is 4.36. The van der Waals surface area contributed by atoms with Crippen LogP contribution < -0.4 is 5.63 Å². The van der Waals surface area contributed by atoms with Gasteiger partial charge in [0.2, 0.25) is 0 Å². The standard InChI is InChI=1S/C14H14O7S/c1-8(2)12(21-22(17,18)19)7-10-11(15)5-3-9-4-6-13(16)20-14(9)10/h3-6,12,15H,1,7H2,2H3,(H,17,18,19). The fraction of sp³-hybridized carbons (Fsp3) is 0.214.